The van der Waals surface area contributed by atoms with Gasteiger partial charge in [0.15, 0.2) is 0 Å². The second kappa shape index (κ2) is 6.77. The number of halogens is 1. The van der Waals surface area contributed by atoms with E-state index < -0.39 is 0 Å². The van der Waals surface area contributed by atoms with Gasteiger partial charge in [0.2, 0.25) is 0 Å². The first kappa shape index (κ1) is 13.3. The summed E-state index contributed by atoms with van der Waals surface area (Å²) in [6, 6.07) is 8.18. The summed E-state index contributed by atoms with van der Waals surface area (Å²) in [5.41, 5.74) is 1.30. The number of rotatable bonds is 6. The Morgan fingerprint density at radius 2 is 1.94 bits per heavy atom. The minimum Gasteiger partial charge on any atom is -0.497 e. The van der Waals surface area contributed by atoms with Gasteiger partial charge in [-0.25, -0.2) is 0 Å². The Hall–Kier alpha value is -0.730. The van der Waals surface area contributed by atoms with Crippen molar-refractivity contribution < 1.29 is 4.74 Å². The van der Waals surface area contributed by atoms with Gasteiger partial charge in [-0.2, -0.15) is 0 Å². The molecule has 0 radical (unpaired) electrons. The van der Waals surface area contributed by atoms with E-state index in [0.29, 0.717) is 11.8 Å². The molecular formula is C13H20ClNO. The number of hydrogen-bond acceptors (Lipinski definition) is 2. The molecule has 1 rings (SSSR count). The van der Waals surface area contributed by atoms with Crippen LogP contribution in [0.25, 0.3) is 0 Å². The van der Waals surface area contributed by atoms with E-state index in [9.17, 15) is 0 Å². The molecule has 0 aromatic heterocycles. The lowest BCUT2D eigenvalue weighted by molar-refractivity contribution is 0.290. The van der Waals surface area contributed by atoms with Crippen LogP contribution in [0, 0.1) is 5.92 Å². The molecule has 16 heavy (non-hydrogen) atoms. The first-order chi connectivity index (χ1) is 7.65. The minimum atomic E-state index is 0.532. The number of nitrogens with zero attached hydrogens (tertiary/aromatic N) is 1. The lowest BCUT2D eigenvalue weighted by Crippen LogP contribution is -2.24. The second-order valence-corrected chi connectivity index (χ2v) is 4.61. The zero-order chi connectivity index (χ0) is 12.0. The maximum absolute atomic E-state index is 5.80. The molecule has 0 N–H and O–H groups in total. The van der Waals surface area contributed by atoms with Crippen molar-refractivity contribution in [2.45, 2.75) is 13.5 Å². The molecule has 1 atom stereocenters. The van der Waals surface area contributed by atoms with Crippen molar-refractivity contribution in [3.05, 3.63) is 29.8 Å². The normalized spacial score (nSPS) is 12.8. The molecule has 1 aromatic carbocycles. The molecule has 0 amide bonds. The van der Waals surface area contributed by atoms with Gasteiger partial charge >= 0.3 is 0 Å². The summed E-state index contributed by atoms with van der Waals surface area (Å²) in [5.74, 6) is 2.15. The molecule has 2 nitrogen and oxygen atoms in total. The highest BCUT2D eigenvalue weighted by molar-refractivity contribution is 6.18. The van der Waals surface area contributed by atoms with E-state index in [1.54, 1.807) is 7.11 Å². The van der Waals surface area contributed by atoms with Gasteiger partial charge in [0.05, 0.1) is 7.11 Å². The van der Waals surface area contributed by atoms with Gasteiger partial charge in [-0.05, 0) is 30.7 Å². The quantitative estimate of drug-likeness (QED) is 0.710. The van der Waals surface area contributed by atoms with Crippen LogP contribution in [0.15, 0.2) is 24.3 Å². The van der Waals surface area contributed by atoms with Crippen LogP contribution in [-0.4, -0.2) is 31.5 Å². The van der Waals surface area contributed by atoms with Gasteiger partial charge in [0, 0.05) is 19.0 Å². The van der Waals surface area contributed by atoms with Crippen molar-refractivity contribution in [2.24, 2.45) is 5.92 Å². The molecule has 1 unspecified atom stereocenters. The topological polar surface area (TPSA) is 12.5 Å². The third-order valence-electron chi connectivity index (χ3n) is 2.50. The van der Waals surface area contributed by atoms with Crippen molar-refractivity contribution in [3.8, 4) is 5.75 Å². The van der Waals surface area contributed by atoms with Gasteiger partial charge in [0.25, 0.3) is 0 Å². The van der Waals surface area contributed by atoms with Crippen LogP contribution in [-0.2, 0) is 6.54 Å². The molecule has 1 aromatic rings. The first-order valence-electron chi connectivity index (χ1n) is 5.53. The third kappa shape index (κ3) is 4.42. The van der Waals surface area contributed by atoms with Crippen LogP contribution in [0.2, 0.25) is 0 Å². The molecule has 0 bridgehead atoms. The van der Waals surface area contributed by atoms with Crippen LogP contribution in [0.1, 0.15) is 12.5 Å². The molecule has 0 saturated carbocycles. The Labute approximate surface area is 103 Å². The molecule has 0 fully saturated rings. The van der Waals surface area contributed by atoms with E-state index in [4.69, 9.17) is 16.3 Å². The minimum absolute atomic E-state index is 0.532. The number of methoxy groups -OCH3 is 1. The standard InChI is InChI=1S/C13H20ClNO/c1-11(8-14)9-15(2)10-12-4-6-13(16-3)7-5-12/h4-7,11H,8-10H2,1-3H3. The Morgan fingerprint density at radius 1 is 1.31 bits per heavy atom. The predicted molar refractivity (Wildman–Crippen MR) is 69.2 cm³/mol. The monoisotopic (exact) mass is 241 g/mol. The smallest absolute Gasteiger partial charge is 0.118 e. The Kier molecular flexibility index (Phi) is 5.64. The summed E-state index contributed by atoms with van der Waals surface area (Å²) in [6.45, 7) is 4.14. The summed E-state index contributed by atoms with van der Waals surface area (Å²) >= 11 is 5.80. The van der Waals surface area contributed by atoms with Gasteiger partial charge < -0.3 is 9.64 Å². The van der Waals surface area contributed by atoms with Crippen molar-refractivity contribution >= 4 is 11.6 Å². The fourth-order valence-electron chi connectivity index (χ4n) is 1.69. The van der Waals surface area contributed by atoms with Gasteiger partial charge in [0.1, 0.15) is 5.75 Å². The van der Waals surface area contributed by atoms with E-state index in [1.807, 2.05) is 12.1 Å². The number of ether oxygens (including phenoxy) is 1. The maximum Gasteiger partial charge on any atom is 0.118 e. The van der Waals surface area contributed by atoms with Crippen molar-refractivity contribution in [1.29, 1.82) is 0 Å². The van der Waals surface area contributed by atoms with Crippen LogP contribution in [0.5, 0.6) is 5.75 Å². The summed E-state index contributed by atoms with van der Waals surface area (Å²) < 4.78 is 5.13. The lowest BCUT2D eigenvalue weighted by atomic mass is 10.1. The molecule has 0 aliphatic heterocycles. The molecule has 0 spiro atoms. The highest BCUT2D eigenvalue weighted by atomic mass is 35.5. The second-order valence-electron chi connectivity index (χ2n) is 4.30. The average Bonchev–Trinajstić information content (AvgIpc) is 2.29. The Balaban J connectivity index is 2.46. The van der Waals surface area contributed by atoms with Crippen molar-refractivity contribution in [1.82, 2.24) is 4.90 Å². The van der Waals surface area contributed by atoms with E-state index in [0.717, 1.165) is 18.8 Å². The molecule has 0 heterocycles. The molecular weight excluding hydrogens is 222 g/mol. The van der Waals surface area contributed by atoms with E-state index in [1.165, 1.54) is 5.56 Å². The first-order valence-corrected chi connectivity index (χ1v) is 6.06. The molecule has 0 aliphatic carbocycles. The van der Waals surface area contributed by atoms with Crippen molar-refractivity contribution in [2.75, 3.05) is 26.6 Å². The van der Waals surface area contributed by atoms with Gasteiger partial charge in [-0.3, -0.25) is 0 Å². The van der Waals surface area contributed by atoms with E-state index >= 15 is 0 Å². The lowest BCUT2D eigenvalue weighted by Gasteiger charge is -2.20. The third-order valence-corrected chi connectivity index (χ3v) is 3.03. The van der Waals surface area contributed by atoms with Crippen LogP contribution in [0.4, 0.5) is 0 Å². The maximum atomic E-state index is 5.80. The van der Waals surface area contributed by atoms with Gasteiger partial charge in [-0.15, -0.1) is 11.6 Å². The fourth-order valence-corrected chi connectivity index (χ4v) is 1.79. The molecule has 0 saturated heterocycles. The number of benzene rings is 1. The summed E-state index contributed by atoms with van der Waals surface area (Å²) in [4.78, 5) is 2.29. The summed E-state index contributed by atoms with van der Waals surface area (Å²) in [7, 11) is 3.80. The zero-order valence-corrected chi connectivity index (χ0v) is 11.0. The van der Waals surface area contributed by atoms with Crippen LogP contribution >= 0.6 is 11.6 Å². The predicted octanol–water partition coefficient (Wildman–Crippen LogP) is 3.00. The number of hydrogen-bond donors (Lipinski definition) is 0. The van der Waals surface area contributed by atoms with Gasteiger partial charge in [-0.1, -0.05) is 19.1 Å². The largest absolute Gasteiger partial charge is 0.497 e. The number of alkyl halides is 1. The molecule has 3 heteroatoms. The molecule has 90 valence electrons. The highest BCUT2D eigenvalue weighted by Gasteiger charge is 2.05. The Morgan fingerprint density at radius 3 is 2.44 bits per heavy atom. The summed E-state index contributed by atoms with van der Waals surface area (Å²) in [5, 5.41) is 0. The SMILES string of the molecule is COc1ccc(CN(C)CC(C)CCl)cc1. The summed E-state index contributed by atoms with van der Waals surface area (Å²) in [6.07, 6.45) is 0. The van der Waals surface area contributed by atoms with Crippen molar-refractivity contribution in [3.63, 3.8) is 0 Å². The Bertz CT molecular complexity index is 299. The van der Waals surface area contributed by atoms with E-state index in [2.05, 4.69) is 31.0 Å². The highest BCUT2D eigenvalue weighted by Crippen LogP contribution is 2.13. The zero-order valence-electron chi connectivity index (χ0n) is 10.2. The van der Waals surface area contributed by atoms with Crippen LogP contribution < -0.4 is 4.74 Å². The van der Waals surface area contributed by atoms with E-state index in [-0.39, 0.29) is 0 Å². The molecule has 0 aliphatic rings. The average molecular weight is 242 g/mol. The van der Waals surface area contributed by atoms with Crippen LogP contribution in [0.3, 0.4) is 0 Å². The fraction of sp³-hybridized carbons (Fsp3) is 0.538.